The predicted octanol–water partition coefficient (Wildman–Crippen LogP) is 3.49. The van der Waals surface area contributed by atoms with Crippen LogP contribution < -0.4 is 5.43 Å². The summed E-state index contributed by atoms with van der Waals surface area (Å²) in [5.74, 6) is 1.05. The first kappa shape index (κ1) is 23.7. The van der Waals surface area contributed by atoms with Gasteiger partial charge in [0.25, 0.3) is 5.91 Å². The number of hydrazone groups is 2. The normalized spacial score (nSPS) is 30.5. The van der Waals surface area contributed by atoms with Crippen LogP contribution in [-0.2, 0) is 9.36 Å². The van der Waals surface area contributed by atoms with Gasteiger partial charge in [0.2, 0.25) is 0 Å². The summed E-state index contributed by atoms with van der Waals surface area (Å²) in [6.45, 7) is 3.59. The summed E-state index contributed by atoms with van der Waals surface area (Å²) in [5.41, 5.74) is 4.95. The number of nitrogens with zero attached hydrogens (tertiary/aromatic N) is 6. The summed E-state index contributed by atoms with van der Waals surface area (Å²) >= 11 is 0. The molecule has 0 spiro atoms. The van der Waals surface area contributed by atoms with Gasteiger partial charge in [0, 0.05) is 18.2 Å². The largest absolute Gasteiger partial charge is 0.505 e. The maximum absolute atomic E-state index is 13.0. The Hall–Kier alpha value is -3.07. The Morgan fingerprint density at radius 2 is 1.97 bits per heavy atom. The number of rotatable bonds is 5. The quantitative estimate of drug-likeness (QED) is 0.325. The third-order valence-corrected chi connectivity index (χ3v) is 9.85. The molecular formula is C23H31N8O3P. The molecule has 35 heavy (non-hydrogen) atoms. The summed E-state index contributed by atoms with van der Waals surface area (Å²) < 4.78 is 12.3. The number of phenolic OH excluding ortho intramolecular Hbond substituents is 1. The fourth-order valence-electron chi connectivity index (χ4n) is 5.40. The molecule has 1 saturated heterocycles. The second kappa shape index (κ2) is 9.53. The number of para-hydroxylation sites is 1. The second-order valence-corrected chi connectivity index (χ2v) is 13.5. The lowest BCUT2D eigenvalue weighted by Crippen LogP contribution is -2.39. The standard InChI is InChI=1S/C23H31N8O3P/c1-14-20(23(33)31(28-14)17-9-11-35(2,34)12-10-17)25-24-19-8-4-7-18(21(19)32)15-5-3-6-16(13-15)22-26-29-30-27-22/h4,7-8,15-17,24,32H,3,5-6,9-13H2,1-2H3,(H,26,27,29,30)/b25-20+. The molecule has 1 aromatic carbocycles. The highest BCUT2D eigenvalue weighted by molar-refractivity contribution is 7.63. The van der Waals surface area contributed by atoms with Crippen LogP contribution in [0.2, 0.25) is 0 Å². The van der Waals surface area contributed by atoms with Gasteiger partial charge in [0.05, 0.1) is 24.6 Å². The number of aromatic amines is 1. The van der Waals surface area contributed by atoms with Crippen molar-refractivity contribution in [2.45, 2.75) is 63.3 Å². The first-order valence-corrected chi connectivity index (χ1v) is 14.7. The molecular weight excluding hydrogens is 467 g/mol. The Kier molecular flexibility index (Phi) is 6.44. The topological polar surface area (TPSA) is 149 Å². The van der Waals surface area contributed by atoms with Gasteiger partial charge in [-0.1, -0.05) is 18.6 Å². The van der Waals surface area contributed by atoms with Gasteiger partial charge in [-0.2, -0.15) is 10.2 Å². The molecule has 2 aromatic rings. The molecule has 1 aromatic heterocycles. The van der Waals surface area contributed by atoms with E-state index < -0.39 is 7.14 Å². The zero-order chi connectivity index (χ0) is 24.6. The van der Waals surface area contributed by atoms with E-state index >= 15 is 0 Å². The van der Waals surface area contributed by atoms with E-state index in [0.717, 1.165) is 37.1 Å². The number of aromatic nitrogens is 4. The lowest BCUT2D eigenvalue weighted by Gasteiger charge is -2.30. The van der Waals surface area contributed by atoms with Gasteiger partial charge in [-0.3, -0.25) is 10.2 Å². The van der Waals surface area contributed by atoms with E-state index in [0.29, 0.717) is 36.6 Å². The van der Waals surface area contributed by atoms with Crippen LogP contribution in [0.4, 0.5) is 5.69 Å². The minimum atomic E-state index is -2.08. The van der Waals surface area contributed by atoms with Crippen molar-refractivity contribution in [1.82, 2.24) is 25.6 Å². The highest BCUT2D eigenvalue weighted by atomic mass is 31.2. The van der Waals surface area contributed by atoms with Crippen molar-refractivity contribution in [3.63, 3.8) is 0 Å². The summed E-state index contributed by atoms with van der Waals surface area (Å²) in [7, 11) is -2.08. The summed E-state index contributed by atoms with van der Waals surface area (Å²) in [4.78, 5) is 13.0. The number of nitrogens with one attached hydrogen (secondary N) is 2. The molecule has 1 aliphatic carbocycles. The highest BCUT2D eigenvalue weighted by Gasteiger charge is 2.38. The lowest BCUT2D eigenvalue weighted by atomic mass is 9.77. The van der Waals surface area contributed by atoms with Crippen molar-refractivity contribution in [2.75, 3.05) is 24.4 Å². The number of phenols is 1. The average Bonchev–Trinajstić information content (AvgIpc) is 3.48. The van der Waals surface area contributed by atoms with Crippen molar-refractivity contribution in [3.05, 3.63) is 29.6 Å². The Morgan fingerprint density at radius 3 is 2.71 bits per heavy atom. The minimum absolute atomic E-state index is 0.0530. The maximum atomic E-state index is 13.0. The van der Waals surface area contributed by atoms with Crippen LogP contribution in [0.5, 0.6) is 5.75 Å². The molecule has 2 atom stereocenters. The molecule has 1 saturated carbocycles. The van der Waals surface area contributed by atoms with Crippen LogP contribution in [0.25, 0.3) is 0 Å². The zero-order valence-corrected chi connectivity index (χ0v) is 20.9. The van der Waals surface area contributed by atoms with Crippen molar-refractivity contribution in [2.24, 2.45) is 10.2 Å². The van der Waals surface area contributed by atoms with Crippen LogP contribution in [0.1, 0.15) is 68.7 Å². The number of amides is 1. The molecule has 0 radical (unpaired) electrons. The molecule has 0 bridgehead atoms. The Bertz CT molecular complexity index is 1200. The van der Waals surface area contributed by atoms with E-state index in [-0.39, 0.29) is 35.2 Å². The van der Waals surface area contributed by atoms with Crippen molar-refractivity contribution in [3.8, 4) is 5.75 Å². The molecule has 2 fully saturated rings. The molecule has 186 valence electrons. The first-order valence-electron chi connectivity index (χ1n) is 12.2. The molecule has 11 nitrogen and oxygen atoms in total. The molecule has 2 aliphatic heterocycles. The Balaban J connectivity index is 1.29. The van der Waals surface area contributed by atoms with E-state index in [1.807, 2.05) is 18.8 Å². The molecule has 3 aliphatic rings. The summed E-state index contributed by atoms with van der Waals surface area (Å²) in [5, 5.41) is 35.6. The van der Waals surface area contributed by atoms with Gasteiger partial charge in [-0.05, 0) is 73.7 Å². The van der Waals surface area contributed by atoms with Gasteiger partial charge >= 0.3 is 0 Å². The number of hydrogen-bond acceptors (Lipinski definition) is 9. The second-order valence-electron chi connectivity index (χ2n) is 9.97. The SMILES string of the molecule is CC1=NN(C2CCP(C)(=O)CC2)C(=O)/C1=N/Nc1cccc(C2CCCC(c3nnn[nH]3)C2)c1O. The third kappa shape index (κ3) is 4.87. The first-order chi connectivity index (χ1) is 16.8. The van der Waals surface area contributed by atoms with Gasteiger partial charge in [0.1, 0.15) is 5.75 Å². The number of carbonyl (C=O) groups is 1. The summed E-state index contributed by atoms with van der Waals surface area (Å²) in [6, 6.07) is 5.51. The minimum Gasteiger partial charge on any atom is -0.505 e. The van der Waals surface area contributed by atoms with Gasteiger partial charge in [-0.25, -0.2) is 10.1 Å². The Morgan fingerprint density at radius 1 is 1.20 bits per heavy atom. The smallest absolute Gasteiger partial charge is 0.296 e. The molecule has 2 unspecified atom stereocenters. The zero-order valence-electron chi connectivity index (χ0n) is 20.0. The predicted molar refractivity (Wildman–Crippen MR) is 134 cm³/mol. The van der Waals surface area contributed by atoms with Gasteiger partial charge in [0.15, 0.2) is 11.5 Å². The molecule has 1 amide bonds. The molecule has 3 heterocycles. The number of tetrazole rings is 1. The number of H-pyrrole nitrogens is 1. The van der Waals surface area contributed by atoms with Crippen molar-refractivity contribution in [1.29, 1.82) is 0 Å². The van der Waals surface area contributed by atoms with Crippen LogP contribution in [0, 0.1) is 0 Å². The number of carbonyl (C=O) groups excluding carboxylic acids is 1. The number of benzene rings is 1. The summed E-state index contributed by atoms with van der Waals surface area (Å²) in [6.07, 6.45) is 6.48. The molecule has 12 heteroatoms. The van der Waals surface area contributed by atoms with E-state index in [2.05, 4.69) is 36.3 Å². The van der Waals surface area contributed by atoms with Gasteiger partial charge in [-0.15, -0.1) is 5.10 Å². The third-order valence-electron chi connectivity index (χ3n) is 7.45. The van der Waals surface area contributed by atoms with E-state index in [1.165, 1.54) is 5.01 Å². The van der Waals surface area contributed by atoms with E-state index in [1.54, 1.807) is 13.0 Å². The monoisotopic (exact) mass is 498 g/mol. The molecule has 3 N–H and O–H groups in total. The van der Waals surface area contributed by atoms with Crippen LogP contribution in [-0.4, -0.2) is 73.1 Å². The van der Waals surface area contributed by atoms with E-state index in [9.17, 15) is 14.5 Å². The number of hydrogen-bond donors (Lipinski definition) is 3. The van der Waals surface area contributed by atoms with Crippen LogP contribution in [0.3, 0.4) is 0 Å². The average molecular weight is 499 g/mol. The number of aromatic hydroxyl groups is 1. The van der Waals surface area contributed by atoms with Crippen molar-refractivity contribution < 1.29 is 14.5 Å². The number of anilines is 1. The lowest BCUT2D eigenvalue weighted by molar-refractivity contribution is -0.125. The van der Waals surface area contributed by atoms with Crippen molar-refractivity contribution >= 4 is 30.2 Å². The molecule has 5 rings (SSSR count). The maximum Gasteiger partial charge on any atom is 0.296 e. The van der Waals surface area contributed by atoms with Gasteiger partial charge < -0.3 is 9.67 Å². The van der Waals surface area contributed by atoms with Crippen LogP contribution in [0.15, 0.2) is 28.4 Å². The fraction of sp³-hybridized carbons (Fsp3) is 0.565. The van der Waals surface area contributed by atoms with Crippen LogP contribution >= 0.6 is 7.14 Å². The van der Waals surface area contributed by atoms with E-state index in [4.69, 9.17) is 0 Å². The highest BCUT2D eigenvalue weighted by Crippen LogP contribution is 2.47. The fourth-order valence-corrected chi connectivity index (χ4v) is 7.31. The Labute approximate surface area is 203 Å².